The SMILES string of the molecule is COc1ccc(C(=O)Oc2ccc(C(=O)O)cc2)c(C#N)c1. The third-order valence-electron chi connectivity index (χ3n) is 2.88. The second-order valence-corrected chi connectivity index (χ2v) is 4.24. The first-order valence-corrected chi connectivity index (χ1v) is 6.19. The number of benzene rings is 2. The molecule has 0 saturated heterocycles. The Hall–Kier alpha value is -3.33. The minimum atomic E-state index is -1.07. The first kappa shape index (κ1) is 15.1. The van der Waals surface area contributed by atoms with E-state index >= 15 is 0 Å². The molecule has 0 heterocycles. The summed E-state index contributed by atoms with van der Waals surface area (Å²) in [5.74, 6) is -1.13. The van der Waals surface area contributed by atoms with Gasteiger partial charge in [-0.3, -0.25) is 0 Å². The average Bonchev–Trinajstić information content (AvgIpc) is 2.54. The summed E-state index contributed by atoms with van der Waals surface area (Å²) in [7, 11) is 1.46. The van der Waals surface area contributed by atoms with E-state index in [0.717, 1.165) is 0 Å². The maximum absolute atomic E-state index is 12.1. The summed E-state index contributed by atoms with van der Waals surface area (Å²) in [5.41, 5.74) is 0.319. The molecule has 0 aliphatic carbocycles. The van der Waals surface area contributed by atoms with Crippen LogP contribution in [0.1, 0.15) is 26.3 Å². The van der Waals surface area contributed by atoms with Gasteiger partial charge in [0.1, 0.15) is 17.6 Å². The van der Waals surface area contributed by atoms with Gasteiger partial charge in [-0.2, -0.15) is 5.26 Å². The maximum atomic E-state index is 12.1. The lowest BCUT2D eigenvalue weighted by Gasteiger charge is -2.07. The van der Waals surface area contributed by atoms with Crippen molar-refractivity contribution in [3.8, 4) is 17.6 Å². The molecule has 0 fully saturated rings. The molecule has 1 N–H and O–H groups in total. The van der Waals surface area contributed by atoms with Gasteiger partial charge in [-0.05, 0) is 42.5 Å². The van der Waals surface area contributed by atoms with E-state index in [4.69, 9.17) is 19.8 Å². The number of hydrogen-bond acceptors (Lipinski definition) is 5. The number of hydrogen-bond donors (Lipinski definition) is 1. The van der Waals surface area contributed by atoms with Gasteiger partial charge >= 0.3 is 11.9 Å². The van der Waals surface area contributed by atoms with E-state index in [0.29, 0.717) is 5.75 Å². The molecule has 6 heteroatoms. The number of rotatable bonds is 4. The predicted molar refractivity (Wildman–Crippen MR) is 76.1 cm³/mol. The van der Waals surface area contributed by atoms with Crippen molar-refractivity contribution in [2.24, 2.45) is 0 Å². The van der Waals surface area contributed by atoms with Crippen LogP contribution in [0.5, 0.6) is 11.5 Å². The van der Waals surface area contributed by atoms with Crippen molar-refractivity contribution in [1.82, 2.24) is 0 Å². The van der Waals surface area contributed by atoms with Crippen LogP contribution in [0.25, 0.3) is 0 Å². The summed E-state index contributed by atoms with van der Waals surface area (Å²) in [6, 6.07) is 11.7. The number of aromatic carboxylic acids is 1. The number of carbonyl (C=O) groups excluding carboxylic acids is 1. The second-order valence-electron chi connectivity index (χ2n) is 4.24. The van der Waals surface area contributed by atoms with E-state index in [1.807, 2.05) is 6.07 Å². The average molecular weight is 297 g/mol. The minimum absolute atomic E-state index is 0.0851. The van der Waals surface area contributed by atoms with Crippen LogP contribution in [0.4, 0.5) is 0 Å². The molecule has 6 nitrogen and oxygen atoms in total. The summed E-state index contributed by atoms with van der Waals surface area (Å²) in [6.45, 7) is 0. The number of carbonyl (C=O) groups is 2. The Morgan fingerprint density at radius 3 is 2.27 bits per heavy atom. The summed E-state index contributed by atoms with van der Waals surface area (Å²) < 4.78 is 10.1. The fraction of sp³-hybridized carbons (Fsp3) is 0.0625. The molecule has 0 aliphatic heterocycles. The van der Waals surface area contributed by atoms with Gasteiger partial charge in [0.05, 0.1) is 23.8 Å². The summed E-state index contributed by atoms with van der Waals surface area (Å²) in [4.78, 5) is 22.8. The highest BCUT2D eigenvalue weighted by Crippen LogP contribution is 2.20. The highest BCUT2D eigenvalue weighted by atomic mass is 16.5. The lowest BCUT2D eigenvalue weighted by Crippen LogP contribution is -2.10. The van der Waals surface area contributed by atoms with Crippen molar-refractivity contribution >= 4 is 11.9 Å². The third-order valence-corrected chi connectivity index (χ3v) is 2.88. The van der Waals surface area contributed by atoms with Gasteiger partial charge in [0.25, 0.3) is 0 Å². The van der Waals surface area contributed by atoms with Crippen LogP contribution in [0.2, 0.25) is 0 Å². The first-order chi connectivity index (χ1) is 10.5. The van der Waals surface area contributed by atoms with Gasteiger partial charge in [-0.25, -0.2) is 9.59 Å². The van der Waals surface area contributed by atoms with E-state index < -0.39 is 11.9 Å². The maximum Gasteiger partial charge on any atom is 0.344 e. The Bertz CT molecular complexity index is 759. The fourth-order valence-electron chi connectivity index (χ4n) is 1.75. The van der Waals surface area contributed by atoms with Crippen LogP contribution >= 0.6 is 0 Å². The van der Waals surface area contributed by atoms with Crippen molar-refractivity contribution in [2.75, 3.05) is 7.11 Å². The molecule has 0 bridgehead atoms. The fourth-order valence-corrected chi connectivity index (χ4v) is 1.75. The number of carboxylic acids is 1. The number of nitriles is 1. The minimum Gasteiger partial charge on any atom is -0.497 e. The lowest BCUT2D eigenvalue weighted by atomic mass is 10.1. The molecule has 2 aromatic carbocycles. The standard InChI is InChI=1S/C16H11NO5/c1-21-13-6-7-14(11(8-13)9-17)16(20)22-12-4-2-10(3-5-12)15(18)19/h2-8H,1H3,(H,18,19). The molecule has 0 radical (unpaired) electrons. The van der Waals surface area contributed by atoms with Crippen LogP contribution in [0.15, 0.2) is 42.5 Å². The molecule has 0 unspecified atom stereocenters. The zero-order valence-electron chi connectivity index (χ0n) is 11.6. The molecular formula is C16H11NO5. The van der Waals surface area contributed by atoms with Crippen molar-refractivity contribution in [2.45, 2.75) is 0 Å². The molecule has 0 amide bonds. The van der Waals surface area contributed by atoms with E-state index in [-0.39, 0.29) is 22.4 Å². The molecule has 2 aromatic rings. The van der Waals surface area contributed by atoms with Gasteiger partial charge in [-0.15, -0.1) is 0 Å². The molecule has 2 rings (SSSR count). The smallest absolute Gasteiger partial charge is 0.344 e. The van der Waals surface area contributed by atoms with Gasteiger partial charge in [0.2, 0.25) is 0 Å². The van der Waals surface area contributed by atoms with E-state index in [1.165, 1.54) is 43.5 Å². The van der Waals surface area contributed by atoms with Gasteiger partial charge < -0.3 is 14.6 Å². The van der Waals surface area contributed by atoms with Crippen LogP contribution in [-0.4, -0.2) is 24.2 Å². The Morgan fingerprint density at radius 2 is 1.73 bits per heavy atom. The molecule has 0 aromatic heterocycles. The summed E-state index contributed by atoms with van der Waals surface area (Å²) >= 11 is 0. The van der Waals surface area contributed by atoms with Gasteiger partial charge in [0, 0.05) is 0 Å². The number of methoxy groups -OCH3 is 1. The highest BCUT2D eigenvalue weighted by Gasteiger charge is 2.15. The Labute approximate surface area is 126 Å². The van der Waals surface area contributed by atoms with E-state index in [2.05, 4.69) is 0 Å². The van der Waals surface area contributed by atoms with Crippen LogP contribution < -0.4 is 9.47 Å². The normalized spacial score (nSPS) is 9.64. The number of nitrogens with zero attached hydrogens (tertiary/aromatic N) is 1. The van der Waals surface area contributed by atoms with Gasteiger partial charge in [-0.1, -0.05) is 0 Å². The van der Waals surface area contributed by atoms with E-state index in [1.54, 1.807) is 6.07 Å². The third kappa shape index (κ3) is 3.22. The first-order valence-electron chi connectivity index (χ1n) is 6.19. The van der Waals surface area contributed by atoms with Crippen LogP contribution in [0.3, 0.4) is 0 Å². The Balaban J connectivity index is 2.22. The molecule has 110 valence electrons. The van der Waals surface area contributed by atoms with Crippen molar-refractivity contribution in [3.63, 3.8) is 0 Å². The summed E-state index contributed by atoms with van der Waals surface area (Å²) in [5, 5.41) is 17.9. The number of carboxylic acid groups (broad SMARTS) is 1. The molecule has 0 spiro atoms. The zero-order chi connectivity index (χ0) is 16.1. The highest BCUT2D eigenvalue weighted by molar-refractivity contribution is 5.94. The predicted octanol–water partition coefficient (Wildman–Crippen LogP) is 2.48. The number of esters is 1. The van der Waals surface area contributed by atoms with Crippen LogP contribution in [-0.2, 0) is 0 Å². The van der Waals surface area contributed by atoms with Crippen molar-refractivity contribution < 1.29 is 24.2 Å². The zero-order valence-corrected chi connectivity index (χ0v) is 11.6. The van der Waals surface area contributed by atoms with Crippen molar-refractivity contribution in [1.29, 1.82) is 5.26 Å². The quantitative estimate of drug-likeness (QED) is 0.688. The monoisotopic (exact) mass is 297 g/mol. The Kier molecular flexibility index (Phi) is 4.39. The lowest BCUT2D eigenvalue weighted by molar-refractivity contribution is 0.0696. The van der Waals surface area contributed by atoms with E-state index in [9.17, 15) is 9.59 Å². The largest absolute Gasteiger partial charge is 0.497 e. The molecular weight excluding hydrogens is 286 g/mol. The second kappa shape index (κ2) is 6.41. The molecule has 0 aliphatic rings. The number of ether oxygens (including phenoxy) is 2. The summed E-state index contributed by atoms with van der Waals surface area (Å²) in [6.07, 6.45) is 0. The van der Waals surface area contributed by atoms with Crippen LogP contribution in [0, 0.1) is 11.3 Å². The topological polar surface area (TPSA) is 96.6 Å². The molecule has 22 heavy (non-hydrogen) atoms. The Morgan fingerprint density at radius 1 is 1.09 bits per heavy atom. The molecule has 0 atom stereocenters. The van der Waals surface area contributed by atoms with Crippen molar-refractivity contribution in [3.05, 3.63) is 59.2 Å². The van der Waals surface area contributed by atoms with Gasteiger partial charge in [0.15, 0.2) is 0 Å². The molecule has 0 saturated carbocycles.